The van der Waals surface area contributed by atoms with Crippen LogP contribution in [0.25, 0.3) is 0 Å². The highest BCUT2D eigenvalue weighted by Gasteiger charge is 2.29. The zero-order valence-electron chi connectivity index (χ0n) is 12.8. The van der Waals surface area contributed by atoms with E-state index in [-0.39, 0.29) is 12.1 Å². The summed E-state index contributed by atoms with van der Waals surface area (Å²) in [7, 11) is 0. The van der Waals surface area contributed by atoms with Crippen LogP contribution in [0.3, 0.4) is 0 Å². The van der Waals surface area contributed by atoms with Crippen LogP contribution in [-0.2, 0) is 11.2 Å². The lowest BCUT2D eigenvalue weighted by molar-refractivity contribution is -0.0253. The van der Waals surface area contributed by atoms with E-state index >= 15 is 0 Å². The summed E-state index contributed by atoms with van der Waals surface area (Å²) in [4.78, 5) is 0. The largest absolute Gasteiger partial charge is 0.370 e. The van der Waals surface area contributed by atoms with Crippen LogP contribution in [-0.4, -0.2) is 12.6 Å². The SMILES string of the molecule is CCc1ccc(C2OCC(c3ccccc3)NC2C)cc1. The molecule has 3 unspecified atom stereocenters. The molecule has 1 heterocycles. The predicted octanol–water partition coefficient (Wildman–Crippen LogP) is 4.04. The minimum absolute atomic E-state index is 0.135. The zero-order valence-corrected chi connectivity index (χ0v) is 12.8. The van der Waals surface area contributed by atoms with Crippen molar-refractivity contribution in [2.24, 2.45) is 0 Å². The van der Waals surface area contributed by atoms with Crippen molar-refractivity contribution in [3.8, 4) is 0 Å². The van der Waals surface area contributed by atoms with Gasteiger partial charge in [0.05, 0.1) is 18.8 Å². The van der Waals surface area contributed by atoms with Crippen LogP contribution in [0.5, 0.6) is 0 Å². The molecule has 0 saturated carbocycles. The first-order chi connectivity index (χ1) is 10.3. The molecule has 1 aliphatic rings. The van der Waals surface area contributed by atoms with Gasteiger partial charge in [0.25, 0.3) is 0 Å². The third kappa shape index (κ3) is 3.17. The Kier molecular flexibility index (Phi) is 4.37. The molecule has 0 aliphatic carbocycles. The summed E-state index contributed by atoms with van der Waals surface area (Å²) >= 11 is 0. The fourth-order valence-corrected chi connectivity index (χ4v) is 3.00. The average Bonchev–Trinajstić information content (AvgIpc) is 2.56. The van der Waals surface area contributed by atoms with Crippen LogP contribution >= 0.6 is 0 Å². The van der Waals surface area contributed by atoms with E-state index in [9.17, 15) is 0 Å². The van der Waals surface area contributed by atoms with Crippen LogP contribution in [0.2, 0.25) is 0 Å². The molecule has 0 spiro atoms. The van der Waals surface area contributed by atoms with Crippen molar-refractivity contribution in [2.45, 2.75) is 38.5 Å². The number of hydrogen-bond acceptors (Lipinski definition) is 2. The van der Waals surface area contributed by atoms with Crippen molar-refractivity contribution in [2.75, 3.05) is 6.61 Å². The van der Waals surface area contributed by atoms with E-state index < -0.39 is 0 Å². The molecular formula is C19H23NO. The first-order valence-corrected chi connectivity index (χ1v) is 7.79. The van der Waals surface area contributed by atoms with Gasteiger partial charge in [0.15, 0.2) is 0 Å². The van der Waals surface area contributed by atoms with E-state index in [1.54, 1.807) is 0 Å². The molecule has 0 radical (unpaired) electrons. The van der Waals surface area contributed by atoms with E-state index in [0.29, 0.717) is 12.6 Å². The first-order valence-electron chi connectivity index (χ1n) is 7.79. The van der Waals surface area contributed by atoms with E-state index in [4.69, 9.17) is 4.74 Å². The number of rotatable bonds is 3. The Morgan fingerprint density at radius 3 is 2.33 bits per heavy atom. The maximum Gasteiger partial charge on any atom is 0.0976 e. The van der Waals surface area contributed by atoms with Crippen molar-refractivity contribution in [3.63, 3.8) is 0 Å². The summed E-state index contributed by atoms with van der Waals surface area (Å²) in [6.45, 7) is 5.10. The molecule has 1 saturated heterocycles. The molecule has 0 bridgehead atoms. The van der Waals surface area contributed by atoms with Gasteiger partial charge in [-0.3, -0.25) is 0 Å². The van der Waals surface area contributed by atoms with E-state index in [1.165, 1.54) is 16.7 Å². The standard InChI is InChI=1S/C19H23NO/c1-3-15-9-11-17(12-10-15)19-14(2)20-18(13-21-19)16-7-5-4-6-8-16/h4-12,14,18-20H,3,13H2,1-2H3. The number of benzene rings is 2. The van der Waals surface area contributed by atoms with Crippen molar-refractivity contribution in [1.29, 1.82) is 0 Å². The second kappa shape index (κ2) is 6.42. The van der Waals surface area contributed by atoms with Gasteiger partial charge in [-0.15, -0.1) is 0 Å². The normalized spacial score (nSPS) is 25.7. The molecule has 0 amide bonds. The van der Waals surface area contributed by atoms with Gasteiger partial charge < -0.3 is 10.1 Å². The number of aryl methyl sites for hydroxylation is 1. The van der Waals surface area contributed by atoms with Gasteiger partial charge in [0.2, 0.25) is 0 Å². The Hall–Kier alpha value is -1.64. The smallest absolute Gasteiger partial charge is 0.0976 e. The molecule has 21 heavy (non-hydrogen) atoms. The molecular weight excluding hydrogens is 258 g/mol. The average molecular weight is 281 g/mol. The van der Waals surface area contributed by atoms with Gasteiger partial charge >= 0.3 is 0 Å². The summed E-state index contributed by atoms with van der Waals surface area (Å²) < 4.78 is 6.15. The monoisotopic (exact) mass is 281 g/mol. The van der Waals surface area contributed by atoms with Crippen molar-refractivity contribution in [1.82, 2.24) is 5.32 Å². The van der Waals surface area contributed by atoms with Crippen molar-refractivity contribution >= 4 is 0 Å². The van der Waals surface area contributed by atoms with Crippen LogP contribution in [0.1, 0.15) is 42.7 Å². The molecule has 2 nitrogen and oxygen atoms in total. The van der Waals surface area contributed by atoms with E-state index in [2.05, 4.69) is 73.8 Å². The lowest BCUT2D eigenvalue weighted by Crippen LogP contribution is -2.43. The van der Waals surface area contributed by atoms with Gasteiger partial charge in [-0.1, -0.05) is 61.5 Å². The first kappa shape index (κ1) is 14.3. The maximum absolute atomic E-state index is 6.15. The Bertz CT molecular complexity index is 564. The van der Waals surface area contributed by atoms with Crippen LogP contribution in [0.15, 0.2) is 54.6 Å². The van der Waals surface area contributed by atoms with Crippen LogP contribution in [0.4, 0.5) is 0 Å². The lowest BCUT2D eigenvalue weighted by atomic mass is 9.97. The predicted molar refractivity (Wildman–Crippen MR) is 86.3 cm³/mol. The molecule has 3 rings (SSSR count). The van der Waals surface area contributed by atoms with Gasteiger partial charge in [-0.05, 0) is 30.0 Å². The summed E-state index contributed by atoms with van der Waals surface area (Å²) in [5, 5.41) is 3.68. The fraction of sp³-hybridized carbons (Fsp3) is 0.368. The number of nitrogens with one attached hydrogen (secondary N) is 1. The Labute approximate surface area is 127 Å². The quantitative estimate of drug-likeness (QED) is 0.916. The molecule has 110 valence electrons. The highest BCUT2D eigenvalue weighted by molar-refractivity contribution is 5.26. The Morgan fingerprint density at radius 2 is 1.71 bits per heavy atom. The van der Waals surface area contributed by atoms with Crippen LogP contribution < -0.4 is 5.32 Å². The molecule has 2 aromatic carbocycles. The lowest BCUT2D eigenvalue weighted by Gasteiger charge is -2.36. The summed E-state index contributed by atoms with van der Waals surface area (Å²) in [6.07, 6.45) is 1.21. The number of morpholine rings is 1. The van der Waals surface area contributed by atoms with Gasteiger partial charge in [0, 0.05) is 6.04 Å². The van der Waals surface area contributed by atoms with Crippen molar-refractivity contribution < 1.29 is 4.74 Å². The van der Waals surface area contributed by atoms with Gasteiger partial charge in [-0.2, -0.15) is 0 Å². The molecule has 0 aromatic heterocycles. The second-order valence-corrected chi connectivity index (χ2v) is 5.77. The summed E-state index contributed by atoms with van der Waals surface area (Å²) in [5.74, 6) is 0. The van der Waals surface area contributed by atoms with Gasteiger partial charge in [0.1, 0.15) is 0 Å². The third-order valence-electron chi connectivity index (χ3n) is 4.28. The minimum atomic E-state index is 0.135. The van der Waals surface area contributed by atoms with Gasteiger partial charge in [-0.25, -0.2) is 0 Å². The van der Waals surface area contributed by atoms with E-state index in [1.807, 2.05) is 0 Å². The number of ether oxygens (including phenoxy) is 1. The summed E-state index contributed by atoms with van der Waals surface area (Å²) in [5.41, 5.74) is 3.93. The minimum Gasteiger partial charge on any atom is -0.370 e. The number of hydrogen-bond donors (Lipinski definition) is 1. The molecule has 1 fully saturated rings. The molecule has 1 aliphatic heterocycles. The third-order valence-corrected chi connectivity index (χ3v) is 4.28. The molecule has 3 atom stereocenters. The van der Waals surface area contributed by atoms with Crippen molar-refractivity contribution in [3.05, 3.63) is 71.3 Å². The topological polar surface area (TPSA) is 21.3 Å². The molecule has 2 heteroatoms. The Balaban J connectivity index is 1.70. The van der Waals surface area contributed by atoms with Crippen LogP contribution in [0, 0.1) is 0 Å². The molecule has 1 N–H and O–H groups in total. The zero-order chi connectivity index (χ0) is 14.7. The van der Waals surface area contributed by atoms with E-state index in [0.717, 1.165) is 6.42 Å². The maximum atomic E-state index is 6.15. The second-order valence-electron chi connectivity index (χ2n) is 5.77. The molecule has 2 aromatic rings. The highest BCUT2D eigenvalue weighted by atomic mass is 16.5. The summed E-state index contributed by atoms with van der Waals surface area (Å²) in [6, 6.07) is 19.9. The Morgan fingerprint density at radius 1 is 1.00 bits per heavy atom. The fourth-order valence-electron chi connectivity index (χ4n) is 3.00. The highest BCUT2D eigenvalue weighted by Crippen LogP contribution is 2.30.